The fourth-order valence-corrected chi connectivity index (χ4v) is 3.74. The first kappa shape index (κ1) is 20.8. The Labute approximate surface area is 181 Å². The highest BCUT2D eigenvalue weighted by Crippen LogP contribution is 2.36. The summed E-state index contributed by atoms with van der Waals surface area (Å²) >= 11 is 0. The van der Waals surface area contributed by atoms with Crippen molar-refractivity contribution in [3.8, 4) is 11.5 Å². The molecule has 1 amide bonds. The van der Waals surface area contributed by atoms with E-state index in [-0.39, 0.29) is 11.9 Å². The summed E-state index contributed by atoms with van der Waals surface area (Å²) in [7, 11) is 5.25. The number of anilines is 1. The van der Waals surface area contributed by atoms with Gasteiger partial charge in [-0.3, -0.25) is 4.79 Å². The van der Waals surface area contributed by atoms with Crippen LogP contribution in [0.3, 0.4) is 0 Å². The molecule has 0 radical (unpaired) electrons. The number of methoxy groups -OCH3 is 2. The third-order valence-corrected chi connectivity index (χ3v) is 5.71. The van der Waals surface area contributed by atoms with Gasteiger partial charge < -0.3 is 24.1 Å². The van der Waals surface area contributed by atoms with Gasteiger partial charge in [-0.1, -0.05) is 30.3 Å². The molecule has 4 rings (SSSR count). The number of nitrogens with one attached hydrogen (secondary N) is 2. The number of furan rings is 1. The Hall–Kier alpha value is -3.51. The molecule has 0 aliphatic rings. The average molecular weight is 420 g/mol. The lowest BCUT2D eigenvalue weighted by Crippen LogP contribution is -3.12. The van der Waals surface area contributed by atoms with Crippen LogP contribution < -0.4 is 19.7 Å². The van der Waals surface area contributed by atoms with Crippen LogP contribution in [0.25, 0.3) is 21.9 Å². The molecule has 4 aromatic rings. The van der Waals surface area contributed by atoms with Gasteiger partial charge in [0.2, 0.25) is 0 Å². The van der Waals surface area contributed by atoms with Crippen molar-refractivity contribution in [3.05, 3.63) is 66.2 Å². The van der Waals surface area contributed by atoms with Crippen LogP contribution in [0.2, 0.25) is 0 Å². The summed E-state index contributed by atoms with van der Waals surface area (Å²) in [6, 6.07) is 19.2. The predicted molar refractivity (Wildman–Crippen MR) is 122 cm³/mol. The number of ether oxygens (including phenoxy) is 2. The van der Waals surface area contributed by atoms with Gasteiger partial charge in [0.15, 0.2) is 6.04 Å². The minimum atomic E-state index is -0.276. The quantitative estimate of drug-likeness (QED) is 0.480. The molecule has 1 aromatic heterocycles. The lowest BCUT2D eigenvalue weighted by atomic mass is 10.1. The smallest absolute Gasteiger partial charge is 0.282 e. The fraction of sp³-hybridized carbons (Fsp3) is 0.240. The molecule has 2 atom stereocenters. The molecule has 0 saturated carbocycles. The molecule has 1 unspecified atom stereocenters. The monoisotopic (exact) mass is 419 g/mol. The molecule has 0 spiro atoms. The summed E-state index contributed by atoms with van der Waals surface area (Å²) in [5.41, 5.74) is 3.22. The van der Waals surface area contributed by atoms with E-state index in [2.05, 4.69) is 5.32 Å². The molecule has 6 nitrogen and oxygen atoms in total. The summed E-state index contributed by atoms with van der Waals surface area (Å²) in [5, 5.41) is 4.99. The second kappa shape index (κ2) is 8.70. The average Bonchev–Trinajstić information content (AvgIpc) is 3.15. The van der Waals surface area contributed by atoms with Crippen LogP contribution in [-0.4, -0.2) is 33.2 Å². The van der Waals surface area contributed by atoms with Crippen LogP contribution in [0.1, 0.15) is 12.5 Å². The number of hydrogen-bond donors (Lipinski definition) is 2. The Balaban J connectivity index is 1.54. The van der Waals surface area contributed by atoms with Gasteiger partial charge in [-0.2, -0.15) is 0 Å². The zero-order chi connectivity index (χ0) is 22.0. The standard InChI is InChI=1S/C25H26N2O4/c1-16(27(2)15-17-8-7-9-18(12-17)29-3)25(28)26-21-14-23-20(13-24(21)30-4)19-10-5-6-11-22(19)31-23/h5-14,16H,15H2,1-4H3,(H,26,28)/p+1/t16-/m1/s1. The van der Waals surface area contributed by atoms with Gasteiger partial charge in [0.1, 0.15) is 29.2 Å². The molecule has 0 bridgehead atoms. The Bertz CT molecular complexity index is 1230. The van der Waals surface area contributed by atoms with Crippen molar-refractivity contribution in [1.82, 2.24) is 0 Å². The number of carbonyl (C=O) groups is 1. The number of quaternary nitrogens is 1. The second-order valence-electron chi connectivity index (χ2n) is 7.73. The highest BCUT2D eigenvalue weighted by atomic mass is 16.5. The van der Waals surface area contributed by atoms with Crippen LogP contribution >= 0.6 is 0 Å². The molecule has 3 aromatic carbocycles. The van der Waals surface area contributed by atoms with E-state index in [0.717, 1.165) is 32.6 Å². The first-order chi connectivity index (χ1) is 15.0. The van der Waals surface area contributed by atoms with E-state index >= 15 is 0 Å². The van der Waals surface area contributed by atoms with E-state index in [4.69, 9.17) is 13.9 Å². The summed E-state index contributed by atoms with van der Waals surface area (Å²) in [4.78, 5) is 14.1. The van der Waals surface area contributed by atoms with Crippen molar-refractivity contribution >= 4 is 33.5 Å². The summed E-state index contributed by atoms with van der Waals surface area (Å²) in [6.45, 7) is 2.61. The molecule has 0 aliphatic heterocycles. The molecule has 2 N–H and O–H groups in total. The zero-order valence-corrected chi connectivity index (χ0v) is 18.2. The predicted octanol–water partition coefficient (Wildman–Crippen LogP) is 3.65. The van der Waals surface area contributed by atoms with Crippen molar-refractivity contribution in [1.29, 1.82) is 0 Å². The molecule has 6 heteroatoms. The number of benzene rings is 3. The van der Waals surface area contributed by atoms with Gasteiger partial charge in [-0.05, 0) is 31.2 Å². The number of hydrogen-bond acceptors (Lipinski definition) is 4. The third kappa shape index (κ3) is 4.20. The number of rotatable bonds is 7. The first-order valence-electron chi connectivity index (χ1n) is 10.3. The summed E-state index contributed by atoms with van der Waals surface area (Å²) in [5.74, 6) is 1.32. The van der Waals surface area contributed by atoms with Gasteiger partial charge in [-0.15, -0.1) is 0 Å². The van der Waals surface area contributed by atoms with Gasteiger partial charge >= 0.3 is 0 Å². The van der Waals surface area contributed by atoms with E-state index in [9.17, 15) is 4.79 Å². The molecule has 0 saturated heterocycles. The fourth-order valence-electron chi connectivity index (χ4n) is 3.74. The number of likely N-dealkylation sites (N-methyl/N-ethyl adjacent to an activating group) is 1. The van der Waals surface area contributed by atoms with Crippen LogP contribution in [0.15, 0.2) is 65.1 Å². The highest BCUT2D eigenvalue weighted by Gasteiger charge is 2.24. The molecule has 160 valence electrons. The molecular formula is C25H27N2O4+. The SMILES string of the molecule is COc1cccc(C[NH+](C)[C@H](C)C(=O)Nc2cc3oc4ccccc4c3cc2OC)c1. The maximum absolute atomic E-state index is 13.0. The van der Waals surface area contributed by atoms with E-state index in [1.54, 1.807) is 14.2 Å². The van der Waals surface area contributed by atoms with Crippen LogP contribution in [0, 0.1) is 0 Å². The van der Waals surface area contributed by atoms with E-state index in [1.165, 1.54) is 0 Å². The summed E-state index contributed by atoms with van der Waals surface area (Å²) < 4.78 is 16.8. The number of carbonyl (C=O) groups excluding carboxylic acids is 1. The van der Waals surface area contributed by atoms with Gasteiger partial charge in [0.05, 0.1) is 27.0 Å². The maximum Gasteiger partial charge on any atom is 0.282 e. The summed E-state index contributed by atoms with van der Waals surface area (Å²) in [6.07, 6.45) is 0. The molecule has 0 aliphatic carbocycles. The van der Waals surface area contributed by atoms with Crippen molar-refractivity contribution in [2.45, 2.75) is 19.5 Å². The minimum absolute atomic E-state index is 0.0887. The largest absolute Gasteiger partial charge is 0.497 e. The molecular weight excluding hydrogens is 392 g/mol. The Morgan fingerprint density at radius 1 is 1.00 bits per heavy atom. The number of para-hydroxylation sites is 1. The Morgan fingerprint density at radius 3 is 2.58 bits per heavy atom. The van der Waals surface area contributed by atoms with Crippen LogP contribution in [0.4, 0.5) is 5.69 Å². The minimum Gasteiger partial charge on any atom is -0.497 e. The Morgan fingerprint density at radius 2 is 1.81 bits per heavy atom. The van der Waals surface area contributed by atoms with Gasteiger partial charge in [0.25, 0.3) is 5.91 Å². The van der Waals surface area contributed by atoms with Crippen molar-refractivity contribution in [3.63, 3.8) is 0 Å². The van der Waals surface area contributed by atoms with E-state index in [1.807, 2.05) is 74.6 Å². The van der Waals surface area contributed by atoms with E-state index < -0.39 is 0 Å². The zero-order valence-electron chi connectivity index (χ0n) is 18.2. The van der Waals surface area contributed by atoms with Crippen LogP contribution in [0.5, 0.6) is 11.5 Å². The van der Waals surface area contributed by atoms with Gasteiger partial charge in [0, 0.05) is 22.4 Å². The Kier molecular flexibility index (Phi) is 5.82. The topological polar surface area (TPSA) is 65.1 Å². The van der Waals surface area contributed by atoms with Crippen molar-refractivity contribution in [2.75, 3.05) is 26.6 Å². The number of fused-ring (bicyclic) bond motifs is 3. The lowest BCUT2D eigenvalue weighted by Gasteiger charge is -2.22. The third-order valence-electron chi connectivity index (χ3n) is 5.71. The highest BCUT2D eigenvalue weighted by molar-refractivity contribution is 6.08. The molecule has 0 fully saturated rings. The normalized spacial score (nSPS) is 13.2. The second-order valence-corrected chi connectivity index (χ2v) is 7.73. The van der Waals surface area contributed by atoms with Crippen molar-refractivity contribution < 1.29 is 23.6 Å². The molecule has 1 heterocycles. The van der Waals surface area contributed by atoms with Crippen LogP contribution in [-0.2, 0) is 11.3 Å². The first-order valence-corrected chi connectivity index (χ1v) is 10.3. The molecule has 31 heavy (non-hydrogen) atoms. The van der Waals surface area contributed by atoms with Crippen molar-refractivity contribution in [2.24, 2.45) is 0 Å². The van der Waals surface area contributed by atoms with E-state index in [0.29, 0.717) is 23.6 Å². The van der Waals surface area contributed by atoms with Gasteiger partial charge in [-0.25, -0.2) is 0 Å². The lowest BCUT2D eigenvalue weighted by molar-refractivity contribution is -0.907. The number of amides is 1. The maximum atomic E-state index is 13.0.